The van der Waals surface area contributed by atoms with Crippen LogP contribution < -0.4 is 16.4 Å². The van der Waals surface area contributed by atoms with E-state index < -0.39 is 0 Å². The molecule has 1 amide bonds. The quantitative estimate of drug-likeness (QED) is 0.540. The highest BCUT2D eigenvalue weighted by Crippen LogP contribution is 2.17. The molecule has 1 heterocycles. The highest BCUT2D eigenvalue weighted by molar-refractivity contribution is 7.99. The van der Waals surface area contributed by atoms with Crippen molar-refractivity contribution < 1.29 is 13.6 Å². The Morgan fingerprint density at radius 2 is 1.79 bits per heavy atom. The number of anilines is 4. The van der Waals surface area contributed by atoms with E-state index >= 15 is 0 Å². The third kappa shape index (κ3) is 6.11. The molecule has 0 aliphatic heterocycles. The highest BCUT2D eigenvalue weighted by Gasteiger charge is 2.09. The van der Waals surface area contributed by atoms with Gasteiger partial charge >= 0.3 is 0 Å². The maximum atomic E-state index is 13.5. The molecule has 3 rings (SSSR count). The van der Waals surface area contributed by atoms with Crippen molar-refractivity contribution in [3.63, 3.8) is 0 Å². The molecule has 0 saturated heterocycles. The minimum absolute atomic E-state index is 0.0276. The largest absolute Gasteiger partial charge is 0.368 e. The summed E-state index contributed by atoms with van der Waals surface area (Å²) in [5.41, 5.74) is 7.21. The third-order valence-corrected chi connectivity index (χ3v) is 4.65. The number of benzene rings is 2. The molecule has 0 atom stereocenters. The molecule has 2 aromatic carbocycles. The maximum absolute atomic E-state index is 13.5. The third-order valence-electron chi connectivity index (χ3n) is 3.72. The normalized spacial score (nSPS) is 10.6. The minimum Gasteiger partial charge on any atom is -0.368 e. The molecule has 29 heavy (non-hydrogen) atoms. The Labute approximate surface area is 170 Å². The van der Waals surface area contributed by atoms with Gasteiger partial charge in [0.15, 0.2) is 0 Å². The van der Waals surface area contributed by atoms with Gasteiger partial charge < -0.3 is 16.4 Å². The van der Waals surface area contributed by atoms with Gasteiger partial charge in [0, 0.05) is 11.4 Å². The zero-order valence-corrected chi connectivity index (χ0v) is 16.3. The van der Waals surface area contributed by atoms with E-state index in [0.29, 0.717) is 28.5 Å². The van der Waals surface area contributed by atoms with Gasteiger partial charge in [-0.2, -0.15) is 15.0 Å². The summed E-state index contributed by atoms with van der Waals surface area (Å²) in [5, 5.41) is 5.56. The van der Waals surface area contributed by atoms with Gasteiger partial charge in [-0.1, -0.05) is 6.07 Å². The van der Waals surface area contributed by atoms with Crippen molar-refractivity contribution in [3.05, 3.63) is 65.5 Å². The standard InChI is InChI=1S/C19H18F2N6OS/c1-11-2-5-14(8-15(11)21)23-17(28)10-29-9-16-25-18(22)27-19(26-16)24-13-6-3-12(20)4-7-13/h2-8H,9-10H2,1H3,(H,23,28)(H3,22,24,25,26,27). The van der Waals surface area contributed by atoms with Gasteiger partial charge in [0.05, 0.1) is 11.5 Å². The van der Waals surface area contributed by atoms with Crippen LogP contribution in [0.5, 0.6) is 0 Å². The van der Waals surface area contributed by atoms with E-state index in [4.69, 9.17) is 5.73 Å². The second kappa shape index (κ2) is 9.28. The molecule has 0 aliphatic rings. The SMILES string of the molecule is Cc1ccc(NC(=O)CSCc2nc(N)nc(Nc3ccc(F)cc3)n2)cc1F. The first-order chi connectivity index (χ1) is 13.9. The number of halogens is 2. The van der Waals surface area contributed by atoms with E-state index in [2.05, 4.69) is 25.6 Å². The number of nitrogens with one attached hydrogen (secondary N) is 2. The summed E-state index contributed by atoms with van der Waals surface area (Å²) in [5.74, 6) is 0.0829. The van der Waals surface area contributed by atoms with Crippen LogP contribution in [0.3, 0.4) is 0 Å². The molecule has 4 N–H and O–H groups in total. The second-order valence-electron chi connectivity index (χ2n) is 6.07. The predicted octanol–water partition coefficient (Wildman–Crippen LogP) is 3.66. The molecule has 0 spiro atoms. The second-order valence-corrected chi connectivity index (χ2v) is 7.06. The van der Waals surface area contributed by atoms with E-state index in [9.17, 15) is 13.6 Å². The molecule has 0 radical (unpaired) electrons. The first-order valence-electron chi connectivity index (χ1n) is 8.56. The summed E-state index contributed by atoms with van der Waals surface area (Å²) < 4.78 is 26.5. The molecule has 0 aliphatic carbocycles. The van der Waals surface area contributed by atoms with Crippen molar-refractivity contribution in [1.29, 1.82) is 0 Å². The number of hydrogen-bond donors (Lipinski definition) is 3. The number of nitrogens with zero attached hydrogens (tertiary/aromatic N) is 3. The number of aromatic nitrogens is 3. The molecule has 0 saturated carbocycles. The molecule has 7 nitrogen and oxygen atoms in total. The van der Waals surface area contributed by atoms with E-state index in [0.717, 1.165) is 0 Å². The zero-order chi connectivity index (χ0) is 20.8. The summed E-state index contributed by atoms with van der Waals surface area (Å²) in [6, 6.07) is 10.2. The van der Waals surface area contributed by atoms with Crippen LogP contribution in [-0.2, 0) is 10.5 Å². The summed E-state index contributed by atoms with van der Waals surface area (Å²) in [6.07, 6.45) is 0. The molecule has 10 heteroatoms. The first kappa shape index (κ1) is 20.5. The zero-order valence-electron chi connectivity index (χ0n) is 15.4. The molecule has 0 fully saturated rings. The highest BCUT2D eigenvalue weighted by atomic mass is 32.2. The van der Waals surface area contributed by atoms with Crippen LogP contribution in [-0.4, -0.2) is 26.6 Å². The van der Waals surface area contributed by atoms with Crippen molar-refractivity contribution in [2.24, 2.45) is 0 Å². The lowest BCUT2D eigenvalue weighted by Gasteiger charge is -2.08. The van der Waals surface area contributed by atoms with E-state index in [1.165, 1.54) is 30.0 Å². The van der Waals surface area contributed by atoms with Crippen molar-refractivity contribution in [1.82, 2.24) is 15.0 Å². The van der Waals surface area contributed by atoms with Crippen LogP contribution in [0.2, 0.25) is 0 Å². The molecule has 0 bridgehead atoms. The van der Waals surface area contributed by atoms with Crippen molar-refractivity contribution >= 4 is 40.9 Å². The minimum atomic E-state index is -0.378. The lowest BCUT2D eigenvalue weighted by atomic mass is 10.2. The molecule has 150 valence electrons. The van der Waals surface area contributed by atoms with Crippen LogP contribution in [0.4, 0.5) is 32.1 Å². The fourth-order valence-electron chi connectivity index (χ4n) is 2.32. The lowest BCUT2D eigenvalue weighted by Crippen LogP contribution is -2.14. The van der Waals surface area contributed by atoms with Gasteiger partial charge in [-0.3, -0.25) is 4.79 Å². The Morgan fingerprint density at radius 1 is 1.07 bits per heavy atom. The maximum Gasteiger partial charge on any atom is 0.234 e. The predicted molar refractivity (Wildman–Crippen MR) is 110 cm³/mol. The van der Waals surface area contributed by atoms with Crippen LogP contribution in [0.15, 0.2) is 42.5 Å². The number of thioether (sulfide) groups is 1. The average molecular weight is 416 g/mol. The summed E-state index contributed by atoms with van der Waals surface area (Å²) in [4.78, 5) is 24.3. The molecule has 1 aromatic heterocycles. The fraction of sp³-hybridized carbons (Fsp3) is 0.158. The van der Waals surface area contributed by atoms with Gasteiger partial charge in [-0.15, -0.1) is 11.8 Å². The fourth-order valence-corrected chi connectivity index (χ4v) is 2.99. The Balaban J connectivity index is 1.54. The van der Waals surface area contributed by atoms with Crippen LogP contribution in [0, 0.1) is 18.6 Å². The monoisotopic (exact) mass is 416 g/mol. The topological polar surface area (TPSA) is 106 Å². The van der Waals surface area contributed by atoms with E-state index in [-0.39, 0.29) is 35.2 Å². The van der Waals surface area contributed by atoms with Crippen molar-refractivity contribution in [3.8, 4) is 0 Å². The van der Waals surface area contributed by atoms with E-state index in [1.54, 1.807) is 31.2 Å². The Bertz CT molecular complexity index is 1020. The lowest BCUT2D eigenvalue weighted by molar-refractivity contribution is -0.113. The number of amides is 1. The summed E-state index contributed by atoms with van der Waals surface area (Å²) >= 11 is 1.28. The number of carbonyl (C=O) groups is 1. The molecule has 0 unspecified atom stereocenters. The number of hydrogen-bond acceptors (Lipinski definition) is 7. The van der Waals surface area contributed by atoms with Crippen LogP contribution in [0.25, 0.3) is 0 Å². The van der Waals surface area contributed by atoms with Crippen molar-refractivity contribution in [2.75, 3.05) is 22.1 Å². The number of carbonyl (C=O) groups excluding carboxylic acids is 1. The van der Waals surface area contributed by atoms with Crippen LogP contribution >= 0.6 is 11.8 Å². The smallest absolute Gasteiger partial charge is 0.234 e. The summed E-state index contributed by atoms with van der Waals surface area (Å²) in [7, 11) is 0. The van der Waals surface area contributed by atoms with Gasteiger partial charge in [0.25, 0.3) is 0 Å². The Kier molecular flexibility index (Phi) is 6.55. The van der Waals surface area contributed by atoms with Gasteiger partial charge in [-0.25, -0.2) is 8.78 Å². The van der Waals surface area contributed by atoms with E-state index in [1.807, 2.05) is 0 Å². The van der Waals surface area contributed by atoms with Gasteiger partial charge in [0.1, 0.15) is 17.5 Å². The van der Waals surface area contributed by atoms with Crippen LogP contribution in [0.1, 0.15) is 11.4 Å². The molecular weight excluding hydrogens is 398 g/mol. The number of nitrogens with two attached hydrogens (primary N) is 1. The Morgan fingerprint density at radius 3 is 2.52 bits per heavy atom. The van der Waals surface area contributed by atoms with Gasteiger partial charge in [0.2, 0.25) is 17.8 Å². The molecule has 3 aromatic rings. The first-order valence-corrected chi connectivity index (χ1v) is 9.71. The number of nitrogen functional groups attached to an aromatic ring is 1. The number of rotatable bonds is 7. The summed E-state index contributed by atoms with van der Waals surface area (Å²) in [6.45, 7) is 1.65. The van der Waals surface area contributed by atoms with Crippen molar-refractivity contribution in [2.45, 2.75) is 12.7 Å². The average Bonchev–Trinajstić information content (AvgIpc) is 2.66. The van der Waals surface area contributed by atoms with Gasteiger partial charge in [-0.05, 0) is 48.9 Å². The number of aryl methyl sites for hydroxylation is 1. The molecular formula is C19H18F2N6OS. The Hall–Kier alpha value is -3.27.